The van der Waals surface area contributed by atoms with Crippen molar-refractivity contribution in [2.45, 2.75) is 32.1 Å². The lowest BCUT2D eigenvalue weighted by Crippen LogP contribution is -2.44. The molecule has 4 heteroatoms. The number of carbonyl (C=O) groups excluding carboxylic acids is 2. The molecule has 1 aromatic carbocycles. The van der Waals surface area contributed by atoms with Crippen molar-refractivity contribution < 1.29 is 9.59 Å². The number of piperidine rings is 1. The quantitative estimate of drug-likeness (QED) is 0.871. The van der Waals surface area contributed by atoms with Crippen LogP contribution in [0.2, 0.25) is 0 Å². The highest BCUT2D eigenvalue weighted by atomic mass is 16.2. The SMILES string of the molecule is O=C(Nc1ccccc1)C1CCN(C(=O)C2CC=CCC2)CC1. The molecule has 1 aliphatic carbocycles. The molecule has 1 unspecified atom stereocenters. The highest BCUT2D eigenvalue weighted by Crippen LogP contribution is 2.25. The number of carbonyl (C=O) groups is 2. The van der Waals surface area contributed by atoms with Crippen molar-refractivity contribution >= 4 is 17.5 Å². The lowest BCUT2D eigenvalue weighted by Gasteiger charge is -2.34. The molecule has 1 aliphatic heterocycles. The van der Waals surface area contributed by atoms with E-state index in [1.165, 1.54) is 0 Å². The number of benzene rings is 1. The molecule has 23 heavy (non-hydrogen) atoms. The third kappa shape index (κ3) is 4.01. The number of nitrogens with zero attached hydrogens (tertiary/aromatic N) is 1. The number of rotatable bonds is 3. The van der Waals surface area contributed by atoms with Crippen LogP contribution in [-0.2, 0) is 9.59 Å². The van der Waals surface area contributed by atoms with Gasteiger partial charge < -0.3 is 10.2 Å². The number of allylic oxidation sites excluding steroid dienone is 2. The standard InChI is InChI=1S/C19H24N2O2/c22-18(20-17-9-5-2-6-10-17)15-11-13-21(14-12-15)19(23)16-7-3-1-4-8-16/h1-3,5-6,9-10,15-16H,4,7-8,11-14H2,(H,20,22). The maximum Gasteiger partial charge on any atom is 0.227 e. The van der Waals surface area contributed by atoms with Crippen LogP contribution in [0, 0.1) is 11.8 Å². The third-order valence-electron chi connectivity index (χ3n) is 4.84. The molecule has 0 bridgehead atoms. The summed E-state index contributed by atoms with van der Waals surface area (Å²) < 4.78 is 0. The van der Waals surface area contributed by atoms with E-state index in [1.54, 1.807) is 0 Å². The lowest BCUT2D eigenvalue weighted by molar-refractivity contribution is -0.138. The normalized spacial score (nSPS) is 21.9. The van der Waals surface area contributed by atoms with Crippen LogP contribution < -0.4 is 5.32 Å². The molecule has 0 spiro atoms. The van der Waals surface area contributed by atoms with Crippen LogP contribution in [0.3, 0.4) is 0 Å². The van der Waals surface area contributed by atoms with Gasteiger partial charge in [0.1, 0.15) is 0 Å². The van der Waals surface area contributed by atoms with Crippen molar-refractivity contribution in [3.05, 3.63) is 42.5 Å². The van der Waals surface area contributed by atoms with E-state index >= 15 is 0 Å². The van der Waals surface area contributed by atoms with Crippen molar-refractivity contribution in [3.8, 4) is 0 Å². The average molecular weight is 312 g/mol. The Hall–Kier alpha value is -2.10. The highest BCUT2D eigenvalue weighted by molar-refractivity contribution is 5.92. The Bertz CT molecular complexity index is 574. The van der Waals surface area contributed by atoms with Gasteiger partial charge in [-0.25, -0.2) is 0 Å². The van der Waals surface area contributed by atoms with Gasteiger partial charge in [0.05, 0.1) is 0 Å². The summed E-state index contributed by atoms with van der Waals surface area (Å²) in [6.45, 7) is 1.40. The van der Waals surface area contributed by atoms with Gasteiger partial charge in [-0.1, -0.05) is 30.4 Å². The number of likely N-dealkylation sites (tertiary alicyclic amines) is 1. The molecule has 0 aromatic heterocycles. The minimum Gasteiger partial charge on any atom is -0.342 e. The molecule has 3 rings (SSSR count). The van der Waals surface area contributed by atoms with E-state index in [0.29, 0.717) is 13.1 Å². The molecule has 1 atom stereocenters. The second kappa shape index (κ2) is 7.44. The van der Waals surface area contributed by atoms with Crippen molar-refractivity contribution in [2.24, 2.45) is 11.8 Å². The molecule has 1 N–H and O–H groups in total. The zero-order chi connectivity index (χ0) is 16.1. The number of para-hydroxylation sites is 1. The summed E-state index contributed by atoms with van der Waals surface area (Å²) in [5.74, 6) is 0.500. The van der Waals surface area contributed by atoms with Crippen LogP contribution in [0.15, 0.2) is 42.5 Å². The zero-order valence-electron chi connectivity index (χ0n) is 13.4. The van der Waals surface area contributed by atoms with E-state index in [2.05, 4.69) is 17.5 Å². The van der Waals surface area contributed by atoms with Gasteiger partial charge in [-0.05, 0) is 44.2 Å². The van der Waals surface area contributed by atoms with Crippen LogP contribution in [0.5, 0.6) is 0 Å². The number of anilines is 1. The van der Waals surface area contributed by atoms with Gasteiger partial charge in [-0.3, -0.25) is 9.59 Å². The summed E-state index contributed by atoms with van der Waals surface area (Å²) >= 11 is 0. The summed E-state index contributed by atoms with van der Waals surface area (Å²) in [5, 5.41) is 2.97. The molecular weight excluding hydrogens is 288 g/mol. The topological polar surface area (TPSA) is 49.4 Å². The van der Waals surface area contributed by atoms with Gasteiger partial charge in [0.25, 0.3) is 0 Å². The van der Waals surface area contributed by atoms with Crippen molar-refractivity contribution in [3.63, 3.8) is 0 Å². The van der Waals surface area contributed by atoms with E-state index in [9.17, 15) is 9.59 Å². The second-order valence-electron chi connectivity index (χ2n) is 6.44. The summed E-state index contributed by atoms with van der Waals surface area (Å²) in [6.07, 6.45) is 8.62. The Balaban J connectivity index is 1.49. The van der Waals surface area contributed by atoms with E-state index in [1.807, 2.05) is 35.2 Å². The smallest absolute Gasteiger partial charge is 0.227 e. The molecule has 1 heterocycles. The van der Waals surface area contributed by atoms with Crippen LogP contribution in [0.4, 0.5) is 5.69 Å². The Morgan fingerprint density at radius 1 is 0.957 bits per heavy atom. The zero-order valence-corrected chi connectivity index (χ0v) is 13.4. The molecule has 4 nitrogen and oxygen atoms in total. The van der Waals surface area contributed by atoms with Gasteiger partial charge in [0.15, 0.2) is 0 Å². The molecule has 2 amide bonds. The molecule has 2 aliphatic rings. The van der Waals surface area contributed by atoms with Gasteiger partial charge in [-0.2, -0.15) is 0 Å². The minimum absolute atomic E-state index is 0.00510. The van der Waals surface area contributed by atoms with Gasteiger partial charge in [-0.15, -0.1) is 0 Å². The highest BCUT2D eigenvalue weighted by Gasteiger charge is 2.30. The first-order chi connectivity index (χ1) is 11.2. The Morgan fingerprint density at radius 3 is 2.35 bits per heavy atom. The number of amides is 2. The van der Waals surface area contributed by atoms with E-state index in [-0.39, 0.29) is 23.7 Å². The van der Waals surface area contributed by atoms with Crippen molar-refractivity contribution in [1.29, 1.82) is 0 Å². The predicted octanol–water partition coefficient (Wildman–Crippen LogP) is 3.22. The molecule has 1 saturated heterocycles. The summed E-state index contributed by atoms with van der Waals surface area (Å²) in [4.78, 5) is 26.8. The van der Waals surface area contributed by atoms with Crippen molar-refractivity contribution in [2.75, 3.05) is 18.4 Å². The van der Waals surface area contributed by atoms with E-state index in [0.717, 1.165) is 37.8 Å². The fourth-order valence-corrected chi connectivity index (χ4v) is 3.40. The van der Waals surface area contributed by atoms with Gasteiger partial charge in [0, 0.05) is 30.6 Å². The fraction of sp³-hybridized carbons (Fsp3) is 0.474. The predicted molar refractivity (Wildman–Crippen MR) is 90.9 cm³/mol. The second-order valence-corrected chi connectivity index (χ2v) is 6.44. The fourth-order valence-electron chi connectivity index (χ4n) is 3.40. The summed E-state index contributed by atoms with van der Waals surface area (Å²) in [6, 6.07) is 9.55. The van der Waals surface area contributed by atoms with Crippen LogP contribution in [0.25, 0.3) is 0 Å². The monoisotopic (exact) mass is 312 g/mol. The Kier molecular flexibility index (Phi) is 5.11. The summed E-state index contributed by atoms with van der Waals surface area (Å²) in [5.41, 5.74) is 0.838. The number of hydrogen-bond acceptors (Lipinski definition) is 2. The largest absolute Gasteiger partial charge is 0.342 e. The third-order valence-corrected chi connectivity index (χ3v) is 4.84. The van der Waals surface area contributed by atoms with Crippen LogP contribution in [0.1, 0.15) is 32.1 Å². The lowest BCUT2D eigenvalue weighted by atomic mass is 9.90. The Morgan fingerprint density at radius 2 is 1.70 bits per heavy atom. The average Bonchev–Trinajstić information content (AvgIpc) is 2.63. The first-order valence-corrected chi connectivity index (χ1v) is 8.54. The van der Waals surface area contributed by atoms with E-state index in [4.69, 9.17) is 0 Å². The number of hydrogen-bond donors (Lipinski definition) is 1. The molecule has 1 aromatic rings. The van der Waals surface area contributed by atoms with Crippen molar-refractivity contribution in [1.82, 2.24) is 4.90 Å². The number of nitrogens with one attached hydrogen (secondary N) is 1. The maximum atomic E-state index is 12.5. The maximum absolute atomic E-state index is 12.5. The van der Waals surface area contributed by atoms with Crippen LogP contribution >= 0.6 is 0 Å². The molecular formula is C19H24N2O2. The first-order valence-electron chi connectivity index (χ1n) is 8.54. The minimum atomic E-state index is 0.00510. The summed E-state index contributed by atoms with van der Waals surface area (Å²) in [7, 11) is 0. The van der Waals surface area contributed by atoms with Crippen LogP contribution in [-0.4, -0.2) is 29.8 Å². The van der Waals surface area contributed by atoms with E-state index < -0.39 is 0 Å². The molecule has 0 saturated carbocycles. The molecule has 122 valence electrons. The molecule has 0 radical (unpaired) electrons. The van der Waals surface area contributed by atoms with Gasteiger partial charge >= 0.3 is 0 Å². The molecule has 1 fully saturated rings. The Labute approximate surface area is 137 Å². The van der Waals surface area contributed by atoms with Gasteiger partial charge in [0.2, 0.25) is 11.8 Å². The first kappa shape index (κ1) is 15.8.